The summed E-state index contributed by atoms with van der Waals surface area (Å²) in [6.07, 6.45) is 2.04. The molecule has 1 aromatic carbocycles. The SMILES string of the molecule is CCC(CC)(CS)COc1ccc(C#N)cc1OC. The fourth-order valence-electron chi connectivity index (χ4n) is 1.81. The normalized spacial score (nSPS) is 10.9. The molecule has 1 aromatic rings. The second-order valence-corrected chi connectivity index (χ2v) is 4.95. The minimum Gasteiger partial charge on any atom is -0.493 e. The predicted molar refractivity (Wildman–Crippen MR) is 80.1 cm³/mol. The second-order valence-electron chi connectivity index (χ2n) is 4.63. The molecule has 0 atom stereocenters. The molecule has 0 spiro atoms. The summed E-state index contributed by atoms with van der Waals surface area (Å²) >= 11 is 4.43. The van der Waals surface area contributed by atoms with Crippen LogP contribution in [0.4, 0.5) is 0 Å². The summed E-state index contributed by atoms with van der Waals surface area (Å²) in [7, 11) is 1.58. The van der Waals surface area contributed by atoms with Crippen LogP contribution in [0.5, 0.6) is 11.5 Å². The van der Waals surface area contributed by atoms with Gasteiger partial charge < -0.3 is 9.47 Å². The molecule has 0 aliphatic rings. The van der Waals surface area contributed by atoms with Crippen LogP contribution in [0.3, 0.4) is 0 Å². The maximum Gasteiger partial charge on any atom is 0.162 e. The van der Waals surface area contributed by atoms with Crippen molar-refractivity contribution in [3.8, 4) is 17.6 Å². The smallest absolute Gasteiger partial charge is 0.162 e. The maximum atomic E-state index is 8.87. The van der Waals surface area contributed by atoms with Crippen molar-refractivity contribution in [2.75, 3.05) is 19.5 Å². The van der Waals surface area contributed by atoms with Gasteiger partial charge in [-0.15, -0.1) is 0 Å². The molecule has 4 heteroatoms. The molecule has 0 saturated carbocycles. The average molecular weight is 279 g/mol. The van der Waals surface area contributed by atoms with Gasteiger partial charge in [0.05, 0.1) is 25.3 Å². The Morgan fingerprint density at radius 2 is 1.95 bits per heavy atom. The van der Waals surface area contributed by atoms with Gasteiger partial charge >= 0.3 is 0 Å². The van der Waals surface area contributed by atoms with E-state index in [0.717, 1.165) is 18.6 Å². The topological polar surface area (TPSA) is 42.2 Å². The Morgan fingerprint density at radius 1 is 1.26 bits per heavy atom. The summed E-state index contributed by atoms with van der Waals surface area (Å²) in [6.45, 7) is 4.91. The van der Waals surface area contributed by atoms with Crippen LogP contribution in [0, 0.1) is 16.7 Å². The molecule has 0 saturated heterocycles. The molecule has 3 nitrogen and oxygen atoms in total. The van der Waals surface area contributed by atoms with Gasteiger partial charge in [-0.1, -0.05) is 13.8 Å². The van der Waals surface area contributed by atoms with Gasteiger partial charge in [0.1, 0.15) is 0 Å². The van der Waals surface area contributed by atoms with Crippen molar-refractivity contribution in [2.45, 2.75) is 26.7 Å². The van der Waals surface area contributed by atoms with Gasteiger partial charge in [-0.2, -0.15) is 17.9 Å². The molecule has 104 valence electrons. The summed E-state index contributed by atoms with van der Waals surface area (Å²) in [5, 5.41) is 8.87. The summed E-state index contributed by atoms with van der Waals surface area (Å²) < 4.78 is 11.1. The van der Waals surface area contributed by atoms with E-state index in [1.807, 2.05) is 0 Å². The monoisotopic (exact) mass is 279 g/mol. The first-order valence-corrected chi connectivity index (χ1v) is 7.09. The molecule has 0 amide bonds. The van der Waals surface area contributed by atoms with Crippen LogP contribution in [-0.2, 0) is 0 Å². The minimum absolute atomic E-state index is 0.0853. The Kier molecular flexibility index (Phi) is 6.04. The summed E-state index contributed by atoms with van der Waals surface area (Å²) in [6, 6.07) is 7.30. The molecule has 0 radical (unpaired) electrons. The number of nitriles is 1. The van der Waals surface area contributed by atoms with E-state index in [-0.39, 0.29) is 5.41 Å². The molecule has 0 aliphatic heterocycles. The first-order chi connectivity index (χ1) is 9.14. The van der Waals surface area contributed by atoms with Crippen LogP contribution in [0.15, 0.2) is 18.2 Å². The number of thiol groups is 1. The largest absolute Gasteiger partial charge is 0.493 e. The molecule has 0 bridgehead atoms. The van der Waals surface area contributed by atoms with Gasteiger partial charge in [-0.3, -0.25) is 0 Å². The second kappa shape index (κ2) is 7.30. The lowest BCUT2D eigenvalue weighted by Gasteiger charge is -2.29. The molecule has 0 fully saturated rings. The molecular weight excluding hydrogens is 258 g/mol. The third kappa shape index (κ3) is 3.81. The van der Waals surface area contributed by atoms with Crippen molar-refractivity contribution in [3.05, 3.63) is 23.8 Å². The molecule has 0 N–H and O–H groups in total. The quantitative estimate of drug-likeness (QED) is 0.774. The van der Waals surface area contributed by atoms with Crippen LogP contribution in [-0.4, -0.2) is 19.5 Å². The predicted octanol–water partition coefficient (Wildman–Crippen LogP) is 3.68. The Labute approximate surface area is 120 Å². The first kappa shape index (κ1) is 15.7. The molecule has 0 unspecified atom stereocenters. The zero-order valence-corrected chi connectivity index (χ0v) is 12.7. The summed E-state index contributed by atoms with van der Waals surface area (Å²) in [4.78, 5) is 0. The van der Waals surface area contributed by atoms with Crippen LogP contribution in [0.1, 0.15) is 32.3 Å². The van der Waals surface area contributed by atoms with Crippen LogP contribution in [0.25, 0.3) is 0 Å². The number of hydrogen-bond donors (Lipinski definition) is 1. The third-order valence-electron chi connectivity index (χ3n) is 3.66. The fourth-order valence-corrected chi connectivity index (χ4v) is 2.35. The van der Waals surface area contributed by atoms with Gasteiger partial charge in [-0.25, -0.2) is 0 Å². The summed E-state index contributed by atoms with van der Waals surface area (Å²) in [5.41, 5.74) is 0.651. The molecule has 0 heterocycles. The molecular formula is C15H21NO2S. The molecule has 1 rings (SSSR count). The lowest BCUT2D eigenvalue weighted by atomic mass is 9.85. The standard InChI is InChI=1S/C15H21NO2S/c1-4-15(5-2,11-19)10-18-13-7-6-12(9-16)8-14(13)17-3/h6-8,19H,4-5,10-11H2,1-3H3. The van der Waals surface area contributed by atoms with E-state index >= 15 is 0 Å². The van der Waals surface area contributed by atoms with E-state index in [9.17, 15) is 0 Å². The van der Waals surface area contributed by atoms with Crippen molar-refractivity contribution >= 4 is 12.6 Å². The van der Waals surface area contributed by atoms with E-state index in [0.29, 0.717) is 23.7 Å². The van der Waals surface area contributed by atoms with Gasteiger partial charge in [0.15, 0.2) is 11.5 Å². The van der Waals surface area contributed by atoms with E-state index < -0.39 is 0 Å². The van der Waals surface area contributed by atoms with Gasteiger partial charge in [0.2, 0.25) is 0 Å². The number of hydrogen-bond acceptors (Lipinski definition) is 4. The molecule has 19 heavy (non-hydrogen) atoms. The highest BCUT2D eigenvalue weighted by Gasteiger charge is 2.26. The lowest BCUT2D eigenvalue weighted by molar-refractivity contribution is 0.153. The van der Waals surface area contributed by atoms with Gasteiger partial charge in [-0.05, 0) is 30.7 Å². The number of rotatable bonds is 7. The van der Waals surface area contributed by atoms with Gasteiger partial charge in [0.25, 0.3) is 0 Å². The number of benzene rings is 1. The number of ether oxygens (including phenoxy) is 2. The Bertz CT molecular complexity index is 442. The highest BCUT2D eigenvalue weighted by Crippen LogP contribution is 2.33. The zero-order valence-electron chi connectivity index (χ0n) is 11.8. The van der Waals surface area contributed by atoms with Crippen molar-refractivity contribution in [2.24, 2.45) is 5.41 Å². The average Bonchev–Trinajstić information content (AvgIpc) is 2.49. The third-order valence-corrected chi connectivity index (χ3v) is 4.33. The van der Waals surface area contributed by atoms with Crippen LogP contribution >= 0.6 is 12.6 Å². The number of methoxy groups -OCH3 is 1. The first-order valence-electron chi connectivity index (χ1n) is 6.46. The number of nitrogens with zero attached hydrogens (tertiary/aromatic N) is 1. The van der Waals surface area contributed by atoms with E-state index in [2.05, 4.69) is 32.5 Å². The van der Waals surface area contributed by atoms with Crippen molar-refractivity contribution in [1.29, 1.82) is 5.26 Å². The Balaban J connectivity index is 2.85. The van der Waals surface area contributed by atoms with E-state index in [1.54, 1.807) is 25.3 Å². The van der Waals surface area contributed by atoms with Crippen LogP contribution in [0.2, 0.25) is 0 Å². The molecule has 0 aromatic heterocycles. The summed E-state index contributed by atoms with van der Waals surface area (Å²) in [5.74, 6) is 2.06. The van der Waals surface area contributed by atoms with Gasteiger partial charge in [0, 0.05) is 11.5 Å². The van der Waals surface area contributed by atoms with Crippen molar-refractivity contribution in [3.63, 3.8) is 0 Å². The zero-order chi connectivity index (χ0) is 14.3. The Morgan fingerprint density at radius 3 is 2.42 bits per heavy atom. The highest BCUT2D eigenvalue weighted by molar-refractivity contribution is 7.80. The van der Waals surface area contributed by atoms with Crippen LogP contribution < -0.4 is 9.47 Å². The molecule has 0 aliphatic carbocycles. The van der Waals surface area contributed by atoms with E-state index in [1.165, 1.54) is 0 Å². The fraction of sp³-hybridized carbons (Fsp3) is 0.533. The lowest BCUT2D eigenvalue weighted by Crippen LogP contribution is -2.29. The Hall–Kier alpha value is -1.34. The maximum absolute atomic E-state index is 8.87. The van der Waals surface area contributed by atoms with Crippen molar-refractivity contribution < 1.29 is 9.47 Å². The van der Waals surface area contributed by atoms with E-state index in [4.69, 9.17) is 14.7 Å². The van der Waals surface area contributed by atoms with Crippen molar-refractivity contribution in [1.82, 2.24) is 0 Å². The minimum atomic E-state index is 0.0853. The highest BCUT2D eigenvalue weighted by atomic mass is 32.1.